The average molecular weight is 214 g/mol. The summed E-state index contributed by atoms with van der Waals surface area (Å²) in [5, 5.41) is 12.7. The van der Waals surface area contributed by atoms with Crippen LogP contribution in [0.25, 0.3) is 0 Å². The van der Waals surface area contributed by atoms with Crippen LogP contribution < -0.4 is 5.32 Å². The van der Waals surface area contributed by atoms with Crippen LogP contribution in [0.1, 0.15) is 33.1 Å². The van der Waals surface area contributed by atoms with Gasteiger partial charge in [0.1, 0.15) is 0 Å². The SMILES string of the molecule is CCCNCC(C)CN1CCCC1CO. The maximum atomic E-state index is 9.21. The van der Waals surface area contributed by atoms with Crippen molar-refractivity contribution in [1.82, 2.24) is 10.2 Å². The number of hydrogen-bond donors (Lipinski definition) is 2. The first kappa shape index (κ1) is 12.9. The summed E-state index contributed by atoms with van der Waals surface area (Å²) in [6, 6.07) is 0.429. The van der Waals surface area contributed by atoms with Gasteiger partial charge in [0.15, 0.2) is 0 Å². The minimum atomic E-state index is 0.328. The fraction of sp³-hybridized carbons (Fsp3) is 1.00. The van der Waals surface area contributed by atoms with Crippen molar-refractivity contribution in [3.63, 3.8) is 0 Å². The van der Waals surface area contributed by atoms with E-state index in [1.165, 1.54) is 25.8 Å². The Kier molecular flexibility index (Phi) is 6.22. The predicted molar refractivity (Wildman–Crippen MR) is 64.0 cm³/mol. The van der Waals surface area contributed by atoms with Gasteiger partial charge < -0.3 is 10.4 Å². The van der Waals surface area contributed by atoms with E-state index in [1.807, 2.05) is 0 Å². The van der Waals surface area contributed by atoms with E-state index in [4.69, 9.17) is 0 Å². The van der Waals surface area contributed by atoms with Gasteiger partial charge in [-0.15, -0.1) is 0 Å². The number of rotatable bonds is 7. The Balaban J connectivity index is 2.15. The third kappa shape index (κ3) is 4.49. The Morgan fingerprint density at radius 3 is 3.00 bits per heavy atom. The molecule has 0 bridgehead atoms. The summed E-state index contributed by atoms with van der Waals surface area (Å²) in [6.07, 6.45) is 3.63. The number of nitrogens with zero attached hydrogens (tertiary/aromatic N) is 1. The van der Waals surface area contributed by atoms with E-state index >= 15 is 0 Å². The smallest absolute Gasteiger partial charge is 0.0586 e. The van der Waals surface area contributed by atoms with E-state index in [9.17, 15) is 5.11 Å². The molecule has 0 spiro atoms. The number of nitrogens with one attached hydrogen (secondary N) is 1. The molecule has 0 saturated carbocycles. The van der Waals surface area contributed by atoms with E-state index in [1.54, 1.807) is 0 Å². The van der Waals surface area contributed by atoms with Gasteiger partial charge in [-0.25, -0.2) is 0 Å². The molecular weight excluding hydrogens is 188 g/mol. The first-order valence-corrected chi connectivity index (χ1v) is 6.33. The fourth-order valence-electron chi connectivity index (χ4n) is 2.33. The molecule has 0 amide bonds. The molecule has 2 unspecified atom stereocenters. The normalized spacial score (nSPS) is 24.6. The van der Waals surface area contributed by atoms with Crippen molar-refractivity contribution in [2.45, 2.75) is 39.2 Å². The Morgan fingerprint density at radius 2 is 2.33 bits per heavy atom. The van der Waals surface area contributed by atoms with Gasteiger partial charge in [0, 0.05) is 12.6 Å². The molecule has 0 aromatic rings. The zero-order valence-corrected chi connectivity index (χ0v) is 10.2. The fourth-order valence-corrected chi connectivity index (χ4v) is 2.33. The molecule has 2 atom stereocenters. The molecule has 3 heteroatoms. The van der Waals surface area contributed by atoms with Crippen LogP contribution in [0.3, 0.4) is 0 Å². The summed E-state index contributed by atoms with van der Waals surface area (Å²) in [5.41, 5.74) is 0. The molecular formula is C12H26N2O. The van der Waals surface area contributed by atoms with Crippen LogP contribution >= 0.6 is 0 Å². The van der Waals surface area contributed by atoms with Gasteiger partial charge in [-0.1, -0.05) is 13.8 Å². The predicted octanol–water partition coefficient (Wildman–Crippen LogP) is 1.08. The molecule has 1 heterocycles. The lowest BCUT2D eigenvalue weighted by Crippen LogP contribution is -2.38. The van der Waals surface area contributed by atoms with E-state index < -0.39 is 0 Å². The van der Waals surface area contributed by atoms with Crippen molar-refractivity contribution in [1.29, 1.82) is 0 Å². The van der Waals surface area contributed by atoms with E-state index in [0.717, 1.165) is 19.6 Å². The molecule has 1 rings (SSSR count). The molecule has 1 aliphatic heterocycles. The van der Waals surface area contributed by atoms with Crippen LogP contribution in [0, 0.1) is 5.92 Å². The molecule has 2 N–H and O–H groups in total. The lowest BCUT2D eigenvalue weighted by Gasteiger charge is -2.26. The molecule has 0 aromatic carbocycles. The minimum absolute atomic E-state index is 0.328. The molecule has 1 aliphatic rings. The Bertz CT molecular complexity index is 164. The summed E-state index contributed by atoms with van der Waals surface area (Å²) in [4.78, 5) is 2.44. The van der Waals surface area contributed by atoms with Crippen LogP contribution in [-0.4, -0.2) is 48.8 Å². The van der Waals surface area contributed by atoms with Gasteiger partial charge in [0.25, 0.3) is 0 Å². The van der Waals surface area contributed by atoms with Crippen molar-refractivity contribution in [3.05, 3.63) is 0 Å². The van der Waals surface area contributed by atoms with Crippen LogP contribution in [0.15, 0.2) is 0 Å². The van der Waals surface area contributed by atoms with Crippen molar-refractivity contribution in [2.75, 3.05) is 32.8 Å². The Hall–Kier alpha value is -0.120. The maximum absolute atomic E-state index is 9.21. The first-order valence-electron chi connectivity index (χ1n) is 6.33. The van der Waals surface area contributed by atoms with Gasteiger partial charge in [-0.3, -0.25) is 4.90 Å². The van der Waals surface area contributed by atoms with Crippen LogP contribution in [0.4, 0.5) is 0 Å². The first-order chi connectivity index (χ1) is 7.27. The lowest BCUT2D eigenvalue weighted by atomic mass is 10.1. The molecule has 0 aliphatic carbocycles. The molecule has 90 valence electrons. The maximum Gasteiger partial charge on any atom is 0.0586 e. The van der Waals surface area contributed by atoms with E-state index in [-0.39, 0.29) is 0 Å². The summed E-state index contributed by atoms with van der Waals surface area (Å²) in [6.45, 7) is 9.33. The molecule has 1 saturated heterocycles. The van der Waals surface area contributed by atoms with Crippen molar-refractivity contribution in [2.24, 2.45) is 5.92 Å². The molecule has 3 nitrogen and oxygen atoms in total. The number of aliphatic hydroxyl groups is 1. The highest BCUT2D eigenvalue weighted by molar-refractivity contribution is 4.79. The third-order valence-electron chi connectivity index (χ3n) is 3.18. The van der Waals surface area contributed by atoms with E-state index in [2.05, 4.69) is 24.1 Å². The third-order valence-corrected chi connectivity index (χ3v) is 3.18. The Morgan fingerprint density at radius 1 is 1.53 bits per heavy atom. The second kappa shape index (κ2) is 7.20. The highest BCUT2D eigenvalue weighted by Crippen LogP contribution is 2.17. The van der Waals surface area contributed by atoms with Gasteiger partial charge in [-0.2, -0.15) is 0 Å². The van der Waals surface area contributed by atoms with Gasteiger partial charge in [0.05, 0.1) is 6.61 Å². The average Bonchev–Trinajstić information content (AvgIpc) is 2.65. The summed E-state index contributed by atoms with van der Waals surface area (Å²) >= 11 is 0. The molecule has 1 fully saturated rings. The Labute approximate surface area is 93.9 Å². The summed E-state index contributed by atoms with van der Waals surface area (Å²) < 4.78 is 0. The second-order valence-electron chi connectivity index (χ2n) is 4.78. The lowest BCUT2D eigenvalue weighted by molar-refractivity contribution is 0.144. The van der Waals surface area contributed by atoms with Gasteiger partial charge in [-0.05, 0) is 44.8 Å². The van der Waals surface area contributed by atoms with Crippen molar-refractivity contribution in [3.8, 4) is 0 Å². The molecule has 0 radical (unpaired) electrons. The summed E-state index contributed by atoms with van der Waals surface area (Å²) in [7, 11) is 0. The number of likely N-dealkylation sites (tertiary alicyclic amines) is 1. The minimum Gasteiger partial charge on any atom is -0.395 e. The van der Waals surface area contributed by atoms with Gasteiger partial charge in [0.2, 0.25) is 0 Å². The molecule has 0 aromatic heterocycles. The molecule has 15 heavy (non-hydrogen) atoms. The topological polar surface area (TPSA) is 35.5 Å². The quantitative estimate of drug-likeness (QED) is 0.623. The second-order valence-corrected chi connectivity index (χ2v) is 4.78. The van der Waals surface area contributed by atoms with Crippen LogP contribution in [0.2, 0.25) is 0 Å². The number of aliphatic hydroxyl groups excluding tert-OH is 1. The highest BCUT2D eigenvalue weighted by Gasteiger charge is 2.24. The highest BCUT2D eigenvalue weighted by atomic mass is 16.3. The zero-order chi connectivity index (χ0) is 11.1. The van der Waals surface area contributed by atoms with Crippen molar-refractivity contribution < 1.29 is 5.11 Å². The number of hydrogen-bond acceptors (Lipinski definition) is 3. The van der Waals surface area contributed by atoms with Crippen LogP contribution in [0.5, 0.6) is 0 Å². The zero-order valence-electron chi connectivity index (χ0n) is 10.2. The summed E-state index contributed by atoms with van der Waals surface area (Å²) in [5.74, 6) is 0.684. The van der Waals surface area contributed by atoms with Crippen molar-refractivity contribution >= 4 is 0 Å². The standard InChI is InChI=1S/C12H26N2O/c1-3-6-13-8-11(2)9-14-7-4-5-12(14)10-15/h11-13,15H,3-10H2,1-2H3. The largest absolute Gasteiger partial charge is 0.395 e. The van der Waals surface area contributed by atoms with E-state index in [0.29, 0.717) is 18.6 Å². The van der Waals surface area contributed by atoms with Crippen LogP contribution in [-0.2, 0) is 0 Å². The van der Waals surface area contributed by atoms with Gasteiger partial charge >= 0.3 is 0 Å². The monoisotopic (exact) mass is 214 g/mol.